The van der Waals surface area contributed by atoms with Gasteiger partial charge in [-0.3, -0.25) is 14.2 Å². The van der Waals surface area contributed by atoms with Crippen molar-refractivity contribution in [2.75, 3.05) is 0 Å². The van der Waals surface area contributed by atoms with Crippen LogP contribution in [0.15, 0.2) is 60.7 Å². The van der Waals surface area contributed by atoms with Crippen molar-refractivity contribution in [2.24, 2.45) is 0 Å². The van der Waals surface area contributed by atoms with Crippen LogP contribution < -0.4 is 0 Å². The van der Waals surface area contributed by atoms with Gasteiger partial charge in [-0.25, -0.2) is 0 Å². The Morgan fingerprint density at radius 2 is 1.41 bits per heavy atom. The standard InChI is InChI=1S/C18H12ClNO2/c19-18-15(11-21)17(13-7-3-1-4-8-13)16(12-22)20(18)14-9-5-2-6-10-14/h1-12H. The van der Waals surface area contributed by atoms with Crippen LogP contribution in [0.5, 0.6) is 0 Å². The van der Waals surface area contributed by atoms with E-state index in [4.69, 9.17) is 11.6 Å². The molecule has 0 amide bonds. The van der Waals surface area contributed by atoms with E-state index in [2.05, 4.69) is 0 Å². The Balaban J connectivity index is 2.37. The van der Waals surface area contributed by atoms with E-state index >= 15 is 0 Å². The van der Waals surface area contributed by atoms with Gasteiger partial charge in [-0.15, -0.1) is 0 Å². The van der Waals surface area contributed by atoms with Crippen LogP contribution in [0, 0.1) is 0 Å². The predicted octanol–water partition coefficient (Wildman–Crippen LogP) is 4.42. The zero-order valence-corrected chi connectivity index (χ0v) is 12.3. The number of hydrogen-bond acceptors (Lipinski definition) is 2. The van der Waals surface area contributed by atoms with Crippen molar-refractivity contribution in [2.45, 2.75) is 0 Å². The number of para-hydroxylation sites is 1. The number of aldehydes is 2. The van der Waals surface area contributed by atoms with Gasteiger partial charge in [0.25, 0.3) is 0 Å². The third kappa shape index (κ3) is 2.26. The Labute approximate surface area is 132 Å². The summed E-state index contributed by atoms with van der Waals surface area (Å²) in [6, 6.07) is 18.5. The SMILES string of the molecule is O=Cc1c(-c2ccccc2)c(C=O)n(-c2ccccc2)c1Cl. The average molecular weight is 310 g/mol. The molecule has 0 saturated heterocycles. The fourth-order valence-corrected chi connectivity index (χ4v) is 2.86. The van der Waals surface area contributed by atoms with Crippen LogP contribution in [0.25, 0.3) is 16.8 Å². The lowest BCUT2D eigenvalue weighted by Crippen LogP contribution is -1.99. The van der Waals surface area contributed by atoms with E-state index in [-0.39, 0.29) is 5.15 Å². The summed E-state index contributed by atoms with van der Waals surface area (Å²) in [6.07, 6.45) is 1.42. The maximum atomic E-state index is 11.7. The molecule has 0 radical (unpaired) electrons. The molecule has 0 saturated carbocycles. The Bertz CT molecular complexity index is 823. The number of rotatable bonds is 4. The number of carbonyl (C=O) groups excluding carboxylic acids is 2. The molecule has 4 heteroatoms. The second-order valence-electron chi connectivity index (χ2n) is 4.74. The van der Waals surface area contributed by atoms with Crippen LogP contribution in [0.1, 0.15) is 20.8 Å². The van der Waals surface area contributed by atoms with Crippen LogP contribution in [-0.2, 0) is 0 Å². The highest BCUT2D eigenvalue weighted by molar-refractivity contribution is 6.33. The quantitative estimate of drug-likeness (QED) is 0.669. The molecule has 108 valence electrons. The molecule has 0 atom stereocenters. The highest BCUT2D eigenvalue weighted by Crippen LogP contribution is 2.35. The molecule has 2 aromatic carbocycles. The minimum Gasteiger partial charge on any atom is -0.298 e. The number of hydrogen-bond donors (Lipinski definition) is 0. The van der Waals surface area contributed by atoms with E-state index in [0.717, 1.165) is 17.5 Å². The van der Waals surface area contributed by atoms with Crippen LogP contribution in [-0.4, -0.2) is 17.1 Å². The van der Waals surface area contributed by atoms with Crippen molar-refractivity contribution >= 4 is 24.2 Å². The summed E-state index contributed by atoms with van der Waals surface area (Å²) in [5.41, 5.74) is 2.76. The van der Waals surface area contributed by atoms with E-state index in [1.54, 1.807) is 4.57 Å². The molecule has 0 aliphatic heterocycles. The summed E-state index contributed by atoms with van der Waals surface area (Å²) >= 11 is 6.37. The Morgan fingerprint density at radius 3 is 1.95 bits per heavy atom. The fourth-order valence-electron chi connectivity index (χ4n) is 2.54. The first-order chi connectivity index (χ1) is 10.8. The van der Waals surface area contributed by atoms with Gasteiger partial charge >= 0.3 is 0 Å². The van der Waals surface area contributed by atoms with E-state index in [9.17, 15) is 9.59 Å². The van der Waals surface area contributed by atoms with E-state index in [1.807, 2.05) is 60.7 Å². The first-order valence-electron chi connectivity index (χ1n) is 6.73. The number of carbonyl (C=O) groups is 2. The van der Waals surface area contributed by atoms with Gasteiger partial charge in [0.1, 0.15) is 5.15 Å². The molecular weight excluding hydrogens is 298 g/mol. The highest BCUT2D eigenvalue weighted by Gasteiger charge is 2.23. The van der Waals surface area contributed by atoms with Gasteiger partial charge in [-0.2, -0.15) is 0 Å². The summed E-state index contributed by atoms with van der Waals surface area (Å²) < 4.78 is 1.60. The van der Waals surface area contributed by atoms with E-state index < -0.39 is 0 Å². The topological polar surface area (TPSA) is 39.1 Å². The third-order valence-electron chi connectivity index (χ3n) is 3.49. The summed E-state index contributed by atoms with van der Waals surface area (Å²) in [5.74, 6) is 0. The molecule has 0 aliphatic carbocycles. The third-order valence-corrected chi connectivity index (χ3v) is 3.86. The summed E-state index contributed by atoms with van der Waals surface area (Å²) in [7, 11) is 0. The Kier molecular flexibility index (Phi) is 3.90. The van der Waals surface area contributed by atoms with Gasteiger partial charge in [0, 0.05) is 11.3 Å². The van der Waals surface area contributed by atoms with Gasteiger partial charge in [0.05, 0.1) is 11.3 Å². The first kappa shape index (κ1) is 14.3. The van der Waals surface area contributed by atoms with E-state index in [0.29, 0.717) is 23.1 Å². The molecular formula is C18H12ClNO2. The largest absolute Gasteiger partial charge is 0.298 e. The molecule has 0 fully saturated rings. The number of halogens is 1. The average Bonchev–Trinajstić information content (AvgIpc) is 2.88. The molecule has 22 heavy (non-hydrogen) atoms. The summed E-state index contributed by atoms with van der Waals surface area (Å²) in [6.45, 7) is 0. The van der Waals surface area contributed by atoms with Gasteiger partial charge < -0.3 is 0 Å². The van der Waals surface area contributed by atoms with Crippen LogP contribution in [0.4, 0.5) is 0 Å². The van der Waals surface area contributed by atoms with Gasteiger partial charge in [-0.05, 0) is 17.7 Å². The van der Waals surface area contributed by atoms with Crippen molar-refractivity contribution in [3.63, 3.8) is 0 Å². The fraction of sp³-hybridized carbons (Fsp3) is 0. The lowest BCUT2D eigenvalue weighted by atomic mass is 10.0. The maximum absolute atomic E-state index is 11.7. The van der Waals surface area contributed by atoms with Crippen LogP contribution >= 0.6 is 11.6 Å². The van der Waals surface area contributed by atoms with E-state index in [1.165, 1.54) is 0 Å². The lowest BCUT2D eigenvalue weighted by Gasteiger charge is -2.07. The van der Waals surface area contributed by atoms with Gasteiger partial charge in [0.2, 0.25) is 0 Å². The molecule has 1 heterocycles. The second kappa shape index (κ2) is 6.00. The van der Waals surface area contributed by atoms with Crippen LogP contribution in [0.3, 0.4) is 0 Å². The number of benzene rings is 2. The van der Waals surface area contributed by atoms with Crippen molar-refractivity contribution in [1.82, 2.24) is 4.57 Å². The molecule has 3 aromatic rings. The summed E-state index contributed by atoms with van der Waals surface area (Å²) in [4.78, 5) is 23.2. The zero-order chi connectivity index (χ0) is 15.5. The smallest absolute Gasteiger partial charge is 0.167 e. The lowest BCUT2D eigenvalue weighted by molar-refractivity contribution is 0.111. The molecule has 0 spiro atoms. The van der Waals surface area contributed by atoms with Crippen molar-refractivity contribution in [1.29, 1.82) is 0 Å². The van der Waals surface area contributed by atoms with Crippen molar-refractivity contribution in [3.8, 4) is 16.8 Å². The summed E-state index contributed by atoms with van der Waals surface area (Å²) in [5, 5.41) is 0.238. The van der Waals surface area contributed by atoms with Crippen molar-refractivity contribution in [3.05, 3.63) is 77.1 Å². The van der Waals surface area contributed by atoms with Gasteiger partial charge in [0.15, 0.2) is 12.6 Å². The zero-order valence-electron chi connectivity index (χ0n) is 11.6. The highest BCUT2D eigenvalue weighted by atomic mass is 35.5. The van der Waals surface area contributed by atoms with Gasteiger partial charge in [-0.1, -0.05) is 60.1 Å². The minimum absolute atomic E-state index is 0.238. The minimum atomic E-state index is 0.238. The molecule has 1 aromatic heterocycles. The first-order valence-corrected chi connectivity index (χ1v) is 7.11. The molecule has 3 nitrogen and oxygen atoms in total. The molecule has 0 N–H and O–H groups in total. The van der Waals surface area contributed by atoms with Crippen LogP contribution in [0.2, 0.25) is 5.15 Å². The monoisotopic (exact) mass is 309 g/mol. The molecule has 0 bridgehead atoms. The number of aromatic nitrogens is 1. The molecule has 0 aliphatic rings. The normalized spacial score (nSPS) is 10.4. The second-order valence-corrected chi connectivity index (χ2v) is 5.10. The Hall–Kier alpha value is -2.65. The Morgan fingerprint density at radius 1 is 0.818 bits per heavy atom. The molecule has 0 unspecified atom stereocenters. The molecule has 3 rings (SSSR count). The number of nitrogens with zero attached hydrogens (tertiary/aromatic N) is 1. The predicted molar refractivity (Wildman–Crippen MR) is 87.0 cm³/mol. The maximum Gasteiger partial charge on any atom is 0.167 e. The van der Waals surface area contributed by atoms with Crippen molar-refractivity contribution < 1.29 is 9.59 Å².